The first-order valence-corrected chi connectivity index (χ1v) is 10.8. The lowest BCUT2D eigenvalue weighted by Gasteiger charge is -2.31. The number of aliphatic imine (C=N–C) groups is 1. The summed E-state index contributed by atoms with van der Waals surface area (Å²) >= 11 is 0. The molecule has 1 saturated heterocycles. The smallest absolute Gasteiger partial charge is 0.191 e. The number of benzene rings is 1. The van der Waals surface area contributed by atoms with E-state index >= 15 is 0 Å². The Hall–Kier alpha value is -1.63. The predicted molar refractivity (Wildman–Crippen MR) is 120 cm³/mol. The Kier molecular flexibility index (Phi) is 10.3. The van der Waals surface area contributed by atoms with Crippen molar-refractivity contribution >= 4 is 5.96 Å². The zero-order valence-electron chi connectivity index (χ0n) is 18.3. The zero-order valence-corrected chi connectivity index (χ0v) is 18.3. The highest BCUT2D eigenvalue weighted by Crippen LogP contribution is 2.19. The molecule has 1 aromatic carbocycles. The maximum Gasteiger partial charge on any atom is 0.191 e. The topological polar surface area (TPSA) is 46.1 Å². The molecule has 0 aromatic heterocycles. The van der Waals surface area contributed by atoms with Crippen molar-refractivity contribution < 1.29 is 0 Å². The molecule has 1 unspecified atom stereocenters. The molecular formula is C22H40N6. The van der Waals surface area contributed by atoms with Gasteiger partial charge >= 0.3 is 0 Å². The highest BCUT2D eigenvalue weighted by atomic mass is 15.2. The van der Waals surface area contributed by atoms with Gasteiger partial charge in [0.25, 0.3) is 0 Å². The van der Waals surface area contributed by atoms with Crippen molar-refractivity contribution in [2.75, 3.05) is 73.0 Å². The quantitative estimate of drug-likeness (QED) is 0.500. The van der Waals surface area contributed by atoms with Gasteiger partial charge in [-0.15, -0.1) is 0 Å². The molecule has 0 bridgehead atoms. The summed E-state index contributed by atoms with van der Waals surface area (Å²) in [6, 6.07) is 11.1. The molecule has 1 aromatic rings. The standard InChI is InChI=1S/C22H40N6/c1-5-28(6-2)21(20-11-8-7-9-12-20)19-25-22(23-3)24-13-16-27-15-10-14-26(4)17-18-27/h7-9,11-12,21H,5-6,10,13-19H2,1-4H3,(H2,23,24,25). The molecule has 6 nitrogen and oxygen atoms in total. The maximum atomic E-state index is 4.43. The summed E-state index contributed by atoms with van der Waals surface area (Å²) in [5.41, 5.74) is 1.35. The fourth-order valence-corrected chi connectivity index (χ4v) is 3.87. The first-order valence-electron chi connectivity index (χ1n) is 10.8. The molecule has 0 spiro atoms. The van der Waals surface area contributed by atoms with Crippen molar-refractivity contribution in [1.29, 1.82) is 0 Å². The highest BCUT2D eigenvalue weighted by molar-refractivity contribution is 5.79. The van der Waals surface area contributed by atoms with Crippen LogP contribution in [-0.4, -0.2) is 93.7 Å². The molecule has 0 saturated carbocycles. The molecule has 1 heterocycles. The average molecular weight is 389 g/mol. The first kappa shape index (κ1) is 22.7. The van der Waals surface area contributed by atoms with Gasteiger partial charge in [-0.1, -0.05) is 44.2 Å². The van der Waals surface area contributed by atoms with Gasteiger partial charge in [-0.2, -0.15) is 0 Å². The second kappa shape index (κ2) is 12.8. The number of guanidine groups is 1. The van der Waals surface area contributed by atoms with Crippen LogP contribution in [0.2, 0.25) is 0 Å². The van der Waals surface area contributed by atoms with Crippen LogP contribution in [0.5, 0.6) is 0 Å². The summed E-state index contributed by atoms with van der Waals surface area (Å²) in [5, 5.41) is 7.04. The molecular weight excluding hydrogens is 348 g/mol. The average Bonchev–Trinajstić information content (AvgIpc) is 2.94. The summed E-state index contributed by atoms with van der Waals surface area (Å²) in [5.74, 6) is 0.889. The Labute approximate surface area is 172 Å². The number of rotatable bonds is 9. The molecule has 2 rings (SSSR count). The van der Waals surface area contributed by atoms with Gasteiger partial charge in [0.2, 0.25) is 0 Å². The third-order valence-electron chi connectivity index (χ3n) is 5.66. The van der Waals surface area contributed by atoms with Crippen molar-refractivity contribution in [3.05, 3.63) is 35.9 Å². The van der Waals surface area contributed by atoms with Gasteiger partial charge in [-0.05, 0) is 45.2 Å². The molecule has 158 valence electrons. The van der Waals surface area contributed by atoms with Crippen molar-refractivity contribution in [1.82, 2.24) is 25.3 Å². The van der Waals surface area contributed by atoms with E-state index in [4.69, 9.17) is 0 Å². The predicted octanol–water partition coefficient (Wildman–Crippen LogP) is 1.87. The summed E-state index contributed by atoms with van der Waals surface area (Å²) in [6.45, 7) is 14.1. The van der Waals surface area contributed by atoms with Crippen LogP contribution in [0.15, 0.2) is 35.3 Å². The van der Waals surface area contributed by atoms with Crippen LogP contribution >= 0.6 is 0 Å². The minimum absolute atomic E-state index is 0.343. The van der Waals surface area contributed by atoms with E-state index in [1.165, 1.54) is 25.1 Å². The first-order chi connectivity index (χ1) is 13.7. The lowest BCUT2D eigenvalue weighted by atomic mass is 10.1. The van der Waals surface area contributed by atoms with E-state index in [1.807, 2.05) is 7.05 Å². The number of nitrogens with zero attached hydrogens (tertiary/aromatic N) is 4. The van der Waals surface area contributed by atoms with E-state index in [2.05, 4.69) is 81.6 Å². The third kappa shape index (κ3) is 7.41. The zero-order chi connectivity index (χ0) is 20.2. The molecule has 2 N–H and O–H groups in total. The molecule has 1 atom stereocenters. The normalized spacial score (nSPS) is 18.1. The molecule has 6 heteroatoms. The largest absolute Gasteiger partial charge is 0.355 e. The Balaban J connectivity index is 1.83. The van der Waals surface area contributed by atoms with E-state index in [0.717, 1.165) is 51.8 Å². The minimum atomic E-state index is 0.343. The number of hydrogen-bond donors (Lipinski definition) is 2. The molecule has 0 amide bonds. The van der Waals surface area contributed by atoms with Crippen LogP contribution in [0.25, 0.3) is 0 Å². The third-order valence-corrected chi connectivity index (χ3v) is 5.66. The molecule has 0 aliphatic carbocycles. The van der Waals surface area contributed by atoms with E-state index in [9.17, 15) is 0 Å². The van der Waals surface area contributed by atoms with E-state index in [1.54, 1.807) is 0 Å². The van der Waals surface area contributed by atoms with Crippen LogP contribution in [0.1, 0.15) is 31.9 Å². The number of nitrogens with one attached hydrogen (secondary N) is 2. The van der Waals surface area contributed by atoms with Gasteiger partial charge in [0.05, 0.1) is 6.04 Å². The molecule has 0 radical (unpaired) electrons. The maximum absolute atomic E-state index is 4.43. The highest BCUT2D eigenvalue weighted by Gasteiger charge is 2.18. The Bertz CT molecular complexity index is 557. The van der Waals surface area contributed by atoms with E-state index in [-0.39, 0.29) is 0 Å². The molecule has 1 fully saturated rings. The second-order valence-electron chi connectivity index (χ2n) is 7.53. The summed E-state index contributed by atoms with van der Waals surface area (Å²) < 4.78 is 0. The monoisotopic (exact) mass is 388 g/mol. The van der Waals surface area contributed by atoms with Crippen LogP contribution in [0.3, 0.4) is 0 Å². The lowest BCUT2D eigenvalue weighted by Crippen LogP contribution is -2.45. The van der Waals surface area contributed by atoms with Gasteiger partial charge in [-0.3, -0.25) is 9.89 Å². The van der Waals surface area contributed by atoms with Gasteiger partial charge in [-0.25, -0.2) is 0 Å². The molecule has 28 heavy (non-hydrogen) atoms. The summed E-state index contributed by atoms with van der Waals surface area (Å²) in [6.07, 6.45) is 1.26. The van der Waals surface area contributed by atoms with Crippen molar-refractivity contribution in [3.8, 4) is 0 Å². The van der Waals surface area contributed by atoms with E-state index in [0.29, 0.717) is 6.04 Å². The Morgan fingerprint density at radius 1 is 1.07 bits per heavy atom. The van der Waals surface area contributed by atoms with Crippen LogP contribution in [-0.2, 0) is 0 Å². The van der Waals surface area contributed by atoms with Gasteiger partial charge in [0.1, 0.15) is 0 Å². The van der Waals surface area contributed by atoms with E-state index < -0.39 is 0 Å². The summed E-state index contributed by atoms with van der Waals surface area (Å²) in [4.78, 5) is 11.9. The Morgan fingerprint density at radius 2 is 1.82 bits per heavy atom. The van der Waals surface area contributed by atoms with Crippen LogP contribution < -0.4 is 10.6 Å². The lowest BCUT2D eigenvalue weighted by molar-refractivity contribution is 0.219. The second-order valence-corrected chi connectivity index (χ2v) is 7.53. The number of hydrogen-bond acceptors (Lipinski definition) is 4. The van der Waals surface area contributed by atoms with Crippen molar-refractivity contribution in [2.45, 2.75) is 26.3 Å². The van der Waals surface area contributed by atoms with Crippen molar-refractivity contribution in [3.63, 3.8) is 0 Å². The van der Waals surface area contributed by atoms with Gasteiger partial charge in [0, 0.05) is 39.8 Å². The van der Waals surface area contributed by atoms with Crippen LogP contribution in [0.4, 0.5) is 0 Å². The van der Waals surface area contributed by atoms with Gasteiger partial charge < -0.3 is 20.4 Å². The summed E-state index contributed by atoms with van der Waals surface area (Å²) in [7, 11) is 4.07. The number of likely N-dealkylation sites (N-methyl/N-ethyl adjacent to an activating group) is 2. The molecule has 1 aliphatic heterocycles. The van der Waals surface area contributed by atoms with Crippen LogP contribution in [0, 0.1) is 0 Å². The SMILES string of the molecule is CCN(CC)C(CNC(=NC)NCCN1CCCN(C)CC1)c1ccccc1. The van der Waals surface area contributed by atoms with Crippen molar-refractivity contribution in [2.24, 2.45) is 4.99 Å². The fourth-order valence-electron chi connectivity index (χ4n) is 3.87. The Morgan fingerprint density at radius 3 is 2.50 bits per heavy atom. The van der Waals surface area contributed by atoms with Gasteiger partial charge in [0.15, 0.2) is 5.96 Å². The molecule has 1 aliphatic rings. The fraction of sp³-hybridized carbons (Fsp3) is 0.682. The minimum Gasteiger partial charge on any atom is -0.355 e.